The van der Waals surface area contributed by atoms with Crippen molar-refractivity contribution in [3.05, 3.63) is 51.3 Å². The van der Waals surface area contributed by atoms with Crippen LogP contribution in [0.25, 0.3) is 0 Å². The van der Waals surface area contributed by atoms with Crippen LogP contribution in [0.3, 0.4) is 0 Å². The molecule has 1 amide bonds. The van der Waals surface area contributed by atoms with Crippen LogP contribution in [0.1, 0.15) is 10.4 Å². The minimum atomic E-state index is -0.623. The van der Waals surface area contributed by atoms with E-state index >= 15 is 0 Å². The fourth-order valence-corrected chi connectivity index (χ4v) is 1.97. The summed E-state index contributed by atoms with van der Waals surface area (Å²) in [5.74, 6) is -1.16. The van der Waals surface area contributed by atoms with E-state index in [4.69, 9.17) is 17.3 Å². The molecular weight excluding hydrogens is 337 g/mol. The lowest BCUT2D eigenvalue weighted by molar-refractivity contribution is 0.102. The smallest absolute Gasteiger partial charge is 0.259 e. The molecular formula is C12H8BrClFN3O. The highest BCUT2D eigenvalue weighted by Crippen LogP contribution is 2.26. The lowest BCUT2D eigenvalue weighted by atomic mass is 10.2. The van der Waals surface area contributed by atoms with Crippen LogP contribution in [-0.2, 0) is 0 Å². The quantitative estimate of drug-likeness (QED) is 0.876. The highest BCUT2D eigenvalue weighted by Gasteiger charge is 2.15. The number of halogens is 3. The Morgan fingerprint density at radius 2 is 2.21 bits per heavy atom. The number of nitrogens with two attached hydrogens (primary N) is 1. The molecule has 0 fully saturated rings. The number of pyridine rings is 1. The number of nitrogens with one attached hydrogen (secondary N) is 1. The van der Waals surface area contributed by atoms with Crippen molar-refractivity contribution in [1.82, 2.24) is 4.98 Å². The van der Waals surface area contributed by atoms with Crippen LogP contribution in [0.2, 0.25) is 5.02 Å². The fourth-order valence-electron chi connectivity index (χ4n) is 1.43. The molecule has 1 aromatic carbocycles. The number of aromatic nitrogens is 1. The highest BCUT2D eigenvalue weighted by molar-refractivity contribution is 9.10. The molecule has 0 saturated heterocycles. The van der Waals surface area contributed by atoms with Crippen LogP contribution in [0.4, 0.5) is 15.9 Å². The molecule has 2 rings (SSSR count). The summed E-state index contributed by atoms with van der Waals surface area (Å²) in [7, 11) is 0. The summed E-state index contributed by atoms with van der Waals surface area (Å²) in [5.41, 5.74) is 5.64. The van der Waals surface area contributed by atoms with E-state index in [1.54, 1.807) is 0 Å². The predicted molar refractivity (Wildman–Crippen MR) is 75.7 cm³/mol. The first-order valence-corrected chi connectivity index (χ1v) is 6.32. The maximum absolute atomic E-state index is 13.6. The molecule has 4 nitrogen and oxygen atoms in total. The molecule has 1 heterocycles. The van der Waals surface area contributed by atoms with Crippen molar-refractivity contribution in [1.29, 1.82) is 0 Å². The number of hydrogen-bond acceptors (Lipinski definition) is 3. The summed E-state index contributed by atoms with van der Waals surface area (Å²) >= 11 is 9.00. The number of amides is 1. The van der Waals surface area contributed by atoms with Crippen molar-refractivity contribution in [2.75, 3.05) is 11.1 Å². The van der Waals surface area contributed by atoms with Crippen LogP contribution in [0.5, 0.6) is 0 Å². The zero-order valence-corrected chi connectivity index (χ0v) is 11.8. The molecule has 0 spiro atoms. The molecule has 3 N–H and O–H groups in total. The lowest BCUT2D eigenvalue weighted by Gasteiger charge is -2.09. The van der Waals surface area contributed by atoms with E-state index in [1.807, 2.05) is 0 Å². The second-order valence-corrected chi connectivity index (χ2v) is 4.96. The van der Waals surface area contributed by atoms with Gasteiger partial charge in [0.15, 0.2) is 0 Å². The van der Waals surface area contributed by atoms with Crippen LogP contribution in [0, 0.1) is 5.82 Å². The van der Waals surface area contributed by atoms with E-state index in [-0.39, 0.29) is 22.1 Å². The molecule has 0 aliphatic heterocycles. The maximum Gasteiger partial charge on any atom is 0.259 e. The molecule has 0 aliphatic rings. The monoisotopic (exact) mass is 343 g/mol. The summed E-state index contributed by atoms with van der Waals surface area (Å²) in [6.07, 6.45) is 1.46. The molecule has 0 radical (unpaired) electrons. The summed E-state index contributed by atoms with van der Waals surface area (Å²) in [6.45, 7) is 0. The number of nitrogen functional groups attached to an aromatic ring is 1. The van der Waals surface area contributed by atoms with E-state index in [1.165, 1.54) is 30.5 Å². The van der Waals surface area contributed by atoms with Crippen molar-refractivity contribution in [3.8, 4) is 0 Å². The van der Waals surface area contributed by atoms with Gasteiger partial charge in [0.25, 0.3) is 5.91 Å². The third kappa shape index (κ3) is 3.02. The average Bonchev–Trinajstić information content (AvgIpc) is 2.37. The van der Waals surface area contributed by atoms with E-state index in [2.05, 4.69) is 26.2 Å². The van der Waals surface area contributed by atoms with Gasteiger partial charge in [0.2, 0.25) is 0 Å². The Hall–Kier alpha value is -1.66. The zero-order valence-electron chi connectivity index (χ0n) is 9.45. The Bertz CT molecular complexity index is 631. The highest BCUT2D eigenvalue weighted by atomic mass is 79.9. The number of nitrogens with zero attached hydrogens (tertiary/aromatic N) is 1. The molecule has 7 heteroatoms. The molecule has 1 aromatic heterocycles. The van der Waals surface area contributed by atoms with E-state index in [0.717, 1.165) is 0 Å². The third-order valence-electron chi connectivity index (χ3n) is 2.33. The molecule has 0 unspecified atom stereocenters. The van der Waals surface area contributed by atoms with Gasteiger partial charge in [-0.05, 0) is 34.1 Å². The van der Waals surface area contributed by atoms with Crippen molar-refractivity contribution < 1.29 is 9.18 Å². The van der Waals surface area contributed by atoms with Crippen molar-refractivity contribution in [3.63, 3.8) is 0 Å². The number of benzene rings is 1. The van der Waals surface area contributed by atoms with Gasteiger partial charge < -0.3 is 11.1 Å². The maximum atomic E-state index is 13.6. The van der Waals surface area contributed by atoms with Gasteiger partial charge in [-0.15, -0.1) is 0 Å². The summed E-state index contributed by atoms with van der Waals surface area (Å²) in [6, 6.07) is 5.61. The minimum Gasteiger partial charge on any atom is -0.383 e. The molecule has 0 atom stereocenters. The normalized spacial score (nSPS) is 10.3. The lowest BCUT2D eigenvalue weighted by Crippen LogP contribution is -2.16. The van der Waals surface area contributed by atoms with E-state index < -0.39 is 11.7 Å². The topological polar surface area (TPSA) is 68.0 Å². The fraction of sp³-hybridized carbons (Fsp3) is 0. The summed E-state index contributed by atoms with van der Waals surface area (Å²) < 4.78 is 14.1. The number of hydrogen-bond donors (Lipinski definition) is 2. The second-order valence-electron chi connectivity index (χ2n) is 3.64. The van der Waals surface area contributed by atoms with Crippen LogP contribution >= 0.6 is 27.5 Å². The number of para-hydroxylation sites is 1. The van der Waals surface area contributed by atoms with Gasteiger partial charge in [-0.2, -0.15) is 0 Å². The Morgan fingerprint density at radius 3 is 2.89 bits per heavy atom. The summed E-state index contributed by atoms with van der Waals surface area (Å²) in [4.78, 5) is 15.8. The third-order valence-corrected chi connectivity index (χ3v) is 3.08. The van der Waals surface area contributed by atoms with Crippen LogP contribution in [0.15, 0.2) is 34.9 Å². The first-order valence-electron chi connectivity index (χ1n) is 5.15. The van der Waals surface area contributed by atoms with Gasteiger partial charge >= 0.3 is 0 Å². The first-order chi connectivity index (χ1) is 8.99. The van der Waals surface area contributed by atoms with Gasteiger partial charge in [0.05, 0.1) is 16.3 Å². The number of anilines is 2. The van der Waals surface area contributed by atoms with Gasteiger partial charge in [0, 0.05) is 10.7 Å². The standard InChI is InChI=1S/C12H8BrClFN3O/c13-6-4-7(11(16)17-5-6)12(19)18-10-8(14)2-1-3-9(10)15/h1-5H,(H2,16,17)(H,18,19). The predicted octanol–water partition coefficient (Wildman–Crippen LogP) is 3.47. The Labute approximate surface area is 121 Å². The first kappa shape index (κ1) is 13.8. The minimum absolute atomic E-state index is 0.0492. The Kier molecular flexibility index (Phi) is 4.01. The number of carbonyl (C=O) groups excluding carboxylic acids is 1. The Balaban J connectivity index is 2.34. The van der Waals surface area contributed by atoms with Gasteiger partial charge in [0.1, 0.15) is 11.6 Å². The largest absolute Gasteiger partial charge is 0.383 e. The average molecular weight is 345 g/mol. The number of carbonyl (C=O) groups is 1. The molecule has 0 bridgehead atoms. The van der Waals surface area contributed by atoms with Crippen molar-refractivity contribution in [2.45, 2.75) is 0 Å². The Morgan fingerprint density at radius 1 is 1.47 bits per heavy atom. The molecule has 0 aliphatic carbocycles. The van der Waals surface area contributed by atoms with Gasteiger partial charge in [-0.25, -0.2) is 9.37 Å². The molecule has 19 heavy (non-hydrogen) atoms. The molecule has 2 aromatic rings. The molecule has 98 valence electrons. The summed E-state index contributed by atoms with van der Waals surface area (Å²) in [5, 5.41) is 2.48. The van der Waals surface area contributed by atoms with Gasteiger partial charge in [-0.1, -0.05) is 17.7 Å². The van der Waals surface area contributed by atoms with Crippen molar-refractivity contribution in [2.24, 2.45) is 0 Å². The van der Waals surface area contributed by atoms with Crippen LogP contribution < -0.4 is 11.1 Å². The van der Waals surface area contributed by atoms with Crippen LogP contribution in [-0.4, -0.2) is 10.9 Å². The SMILES string of the molecule is Nc1ncc(Br)cc1C(=O)Nc1c(F)cccc1Cl. The van der Waals surface area contributed by atoms with Crippen molar-refractivity contribution >= 4 is 44.9 Å². The van der Waals surface area contributed by atoms with E-state index in [9.17, 15) is 9.18 Å². The molecule has 0 saturated carbocycles. The van der Waals surface area contributed by atoms with Gasteiger partial charge in [-0.3, -0.25) is 4.79 Å². The van der Waals surface area contributed by atoms with E-state index in [0.29, 0.717) is 4.47 Å². The zero-order chi connectivity index (χ0) is 14.0. The number of rotatable bonds is 2. The second kappa shape index (κ2) is 5.54.